The molecule has 7 nitrogen and oxygen atoms in total. The monoisotopic (exact) mass is 457 g/mol. The summed E-state index contributed by atoms with van der Waals surface area (Å²) in [4.78, 5) is 14.7. The quantitative estimate of drug-likeness (QED) is 0.534. The Morgan fingerprint density at radius 1 is 1.12 bits per heavy atom. The lowest BCUT2D eigenvalue weighted by Gasteiger charge is -2.31. The second-order valence-electron chi connectivity index (χ2n) is 6.81. The van der Waals surface area contributed by atoms with Crippen LogP contribution in [0.3, 0.4) is 0 Å². The number of aliphatic imine (C=N–C) groups is 1. The molecule has 2 N–H and O–H groups in total. The fourth-order valence-electron chi connectivity index (χ4n) is 3.23. The van der Waals surface area contributed by atoms with E-state index in [1.165, 1.54) is 23.6 Å². The zero-order valence-electron chi connectivity index (χ0n) is 16.7. The molecular weight excluding hydrogens is 439 g/mol. The Labute approximate surface area is 185 Å². The summed E-state index contributed by atoms with van der Waals surface area (Å²) in [5, 5.41) is 15.8. The third kappa shape index (κ3) is 4.65. The number of aromatic nitrogens is 2. The molecule has 1 unspecified atom stereocenters. The summed E-state index contributed by atoms with van der Waals surface area (Å²) >= 11 is 1.48. The minimum atomic E-state index is -4.49. The predicted octanol–water partition coefficient (Wildman–Crippen LogP) is 4.38. The van der Waals surface area contributed by atoms with Crippen LogP contribution in [0.25, 0.3) is 10.2 Å². The van der Waals surface area contributed by atoms with Crippen LogP contribution in [0, 0.1) is 11.3 Å². The molecule has 0 amide bonds. The Kier molecular flexibility index (Phi) is 6.23. The zero-order chi connectivity index (χ0) is 22.6. The molecule has 164 valence electrons. The van der Waals surface area contributed by atoms with Gasteiger partial charge in [0.15, 0.2) is 5.13 Å². The molecule has 4 rings (SSSR count). The van der Waals surface area contributed by atoms with Crippen molar-refractivity contribution in [2.45, 2.75) is 18.6 Å². The van der Waals surface area contributed by atoms with Crippen LogP contribution in [-0.4, -0.2) is 35.1 Å². The highest BCUT2D eigenvalue weighted by Gasteiger charge is 2.34. The van der Waals surface area contributed by atoms with Gasteiger partial charge < -0.3 is 10.6 Å². The van der Waals surface area contributed by atoms with Crippen molar-refractivity contribution in [3.63, 3.8) is 0 Å². The van der Waals surface area contributed by atoms with Gasteiger partial charge in [0.1, 0.15) is 5.82 Å². The Hall–Kier alpha value is -3.65. The molecule has 3 aromatic rings. The van der Waals surface area contributed by atoms with Gasteiger partial charge in [-0.3, -0.25) is 4.90 Å². The van der Waals surface area contributed by atoms with E-state index < -0.39 is 11.7 Å². The van der Waals surface area contributed by atoms with Gasteiger partial charge >= 0.3 is 6.18 Å². The number of para-hydroxylation sites is 1. The van der Waals surface area contributed by atoms with E-state index in [1.807, 2.05) is 35.2 Å². The Bertz CT molecular complexity index is 1160. The highest BCUT2D eigenvalue weighted by Crippen LogP contribution is 2.33. The number of rotatable bonds is 6. The van der Waals surface area contributed by atoms with E-state index in [9.17, 15) is 18.4 Å². The van der Waals surface area contributed by atoms with E-state index in [4.69, 9.17) is 0 Å². The molecule has 0 saturated carbocycles. The lowest BCUT2D eigenvalue weighted by atomic mass is 10.2. The van der Waals surface area contributed by atoms with E-state index in [1.54, 1.807) is 6.20 Å². The number of fused-ring (bicyclic) bond motifs is 1. The van der Waals surface area contributed by atoms with Gasteiger partial charge in [-0.05, 0) is 30.3 Å². The molecule has 0 bridgehead atoms. The highest BCUT2D eigenvalue weighted by molar-refractivity contribution is 7.22. The summed E-state index contributed by atoms with van der Waals surface area (Å²) in [6.07, 6.45) is 0.483. The molecule has 11 heteroatoms. The van der Waals surface area contributed by atoms with Gasteiger partial charge in [-0.1, -0.05) is 23.5 Å². The maximum Gasteiger partial charge on any atom is 0.419 e. The second kappa shape index (κ2) is 9.23. The van der Waals surface area contributed by atoms with E-state index in [0.29, 0.717) is 11.1 Å². The third-order valence-corrected chi connectivity index (χ3v) is 5.70. The first-order chi connectivity index (χ1) is 15.5. The van der Waals surface area contributed by atoms with Crippen molar-refractivity contribution in [2.24, 2.45) is 4.99 Å². The van der Waals surface area contributed by atoms with Crippen molar-refractivity contribution >= 4 is 38.5 Å². The molecule has 1 atom stereocenters. The van der Waals surface area contributed by atoms with Crippen LogP contribution in [0.5, 0.6) is 0 Å². The van der Waals surface area contributed by atoms with Crippen molar-refractivity contribution in [1.82, 2.24) is 15.3 Å². The number of alkyl halides is 3. The zero-order valence-corrected chi connectivity index (χ0v) is 17.5. The molecule has 3 heterocycles. The van der Waals surface area contributed by atoms with Gasteiger partial charge in [-0.2, -0.15) is 18.4 Å². The Morgan fingerprint density at radius 2 is 1.94 bits per heavy atom. The second-order valence-corrected chi connectivity index (χ2v) is 7.82. The summed E-state index contributed by atoms with van der Waals surface area (Å²) in [6, 6.07) is 11.9. The van der Waals surface area contributed by atoms with Crippen molar-refractivity contribution in [1.29, 1.82) is 5.26 Å². The van der Waals surface area contributed by atoms with Crippen molar-refractivity contribution in [2.75, 3.05) is 23.3 Å². The summed E-state index contributed by atoms with van der Waals surface area (Å²) in [5.74, 6) is 0.253. The fraction of sp³-hybridized carbons (Fsp3) is 0.238. The number of nitrogens with zero attached hydrogens (tertiary/aromatic N) is 5. The number of hydrogen-bond acceptors (Lipinski definition) is 8. The molecule has 1 aliphatic rings. The number of hydrogen-bond donors (Lipinski definition) is 2. The molecule has 0 saturated heterocycles. The normalized spacial score (nSPS) is 16.0. The van der Waals surface area contributed by atoms with E-state index in [-0.39, 0.29) is 31.4 Å². The maximum atomic E-state index is 13.1. The van der Waals surface area contributed by atoms with E-state index >= 15 is 0 Å². The molecule has 1 aromatic carbocycles. The molecule has 0 radical (unpaired) electrons. The third-order valence-electron chi connectivity index (χ3n) is 4.67. The van der Waals surface area contributed by atoms with E-state index in [2.05, 4.69) is 31.7 Å². The van der Waals surface area contributed by atoms with Gasteiger partial charge in [0.2, 0.25) is 5.96 Å². The molecule has 0 fully saturated rings. The number of anilines is 2. The number of nitriles is 1. The molecule has 1 aliphatic heterocycles. The van der Waals surface area contributed by atoms with Crippen LogP contribution in [-0.2, 0) is 6.18 Å². The first-order valence-electron chi connectivity index (χ1n) is 9.73. The number of benzene rings is 1. The maximum absolute atomic E-state index is 13.1. The van der Waals surface area contributed by atoms with Gasteiger partial charge in [0, 0.05) is 25.5 Å². The predicted molar refractivity (Wildman–Crippen MR) is 118 cm³/mol. The lowest BCUT2D eigenvalue weighted by Crippen LogP contribution is -2.49. The van der Waals surface area contributed by atoms with Crippen LogP contribution in [0.1, 0.15) is 12.0 Å². The summed E-state index contributed by atoms with van der Waals surface area (Å²) < 4.78 is 40.4. The lowest BCUT2D eigenvalue weighted by molar-refractivity contribution is -0.137. The molecule has 0 aliphatic carbocycles. The molecular formula is C21H18F3N7S. The largest absolute Gasteiger partial charge is 0.419 e. The average molecular weight is 457 g/mol. The van der Waals surface area contributed by atoms with Crippen molar-refractivity contribution < 1.29 is 13.2 Å². The number of thiazole rings is 1. The van der Waals surface area contributed by atoms with Crippen LogP contribution < -0.4 is 15.5 Å². The van der Waals surface area contributed by atoms with Gasteiger partial charge in [-0.15, -0.1) is 0 Å². The minimum Gasteiger partial charge on any atom is -0.368 e. The minimum absolute atomic E-state index is 0.180. The summed E-state index contributed by atoms with van der Waals surface area (Å²) in [6.45, 7) is 0.459. The number of nitrogens with one attached hydrogen (secondary N) is 2. The van der Waals surface area contributed by atoms with Crippen molar-refractivity contribution in [3.8, 4) is 6.07 Å². The Morgan fingerprint density at radius 3 is 2.72 bits per heavy atom. The first kappa shape index (κ1) is 21.6. The Balaban J connectivity index is 1.48. The summed E-state index contributed by atoms with van der Waals surface area (Å²) in [5.41, 5.74) is 0.0248. The van der Waals surface area contributed by atoms with Crippen LogP contribution in [0.4, 0.5) is 24.1 Å². The van der Waals surface area contributed by atoms with Crippen molar-refractivity contribution in [3.05, 3.63) is 60.4 Å². The smallest absolute Gasteiger partial charge is 0.368 e. The molecule has 0 spiro atoms. The standard InChI is InChI=1S/C21H18F3N7S/c22-21(23,24)15-4-3-10-26-18(15)27-12-13-29-19-28-11-8-14(7-9-25)31(19)20-30-16-5-1-2-6-17(16)32-20/h1-6,8,10-11,14H,7,12-13H2,(H,26,27)(H,28,29). The summed E-state index contributed by atoms with van der Waals surface area (Å²) in [7, 11) is 0. The number of guanidine groups is 1. The topological polar surface area (TPSA) is 89.2 Å². The average Bonchev–Trinajstić information content (AvgIpc) is 3.20. The highest BCUT2D eigenvalue weighted by atomic mass is 32.1. The number of halogens is 3. The van der Waals surface area contributed by atoms with Crippen LogP contribution >= 0.6 is 11.3 Å². The number of pyridine rings is 1. The van der Waals surface area contributed by atoms with Gasteiger partial charge in [0.05, 0.1) is 34.3 Å². The fourth-order valence-corrected chi connectivity index (χ4v) is 4.25. The SMILES string of the molecule is N#CCC1C=CN=C(NCCNc2ncccc2C(F)(F)F)N1c1nc2ccccc2s1. The first-order valence-corrected chi connectivity index (χ1v) is 10.5. The van der Waals surface area contributed by atoms with Crippen LogP contribution in [0.15, 0.2) is 59.9 Å². The van der Waals surface area contributed by atoms with Gasteiger partial charge in [-0.25, -0.2) is 15.0 Å². The molecule has 2 aromatic heterocycles. The molecule has 32 heavy (non-hydrogen) atoms. The van der Waals surface area contributed by atoms with Crippen LogP contribution in [0.2, 0.25) is 0 Å². The van der Waals surface area contributed by atoms with E-state index in [0.717, 1.165) is 16.3 Å². The van der Waals surface area contributed by atoms with Gasteiger partial charge in [0.25, 0.3) is 0 Å².